The van der Waals surface area contributed by atoms with E-state index in [1.807, 2.05) is 26.0 Å². The number of aliphatic hydroxyl groups is 1. The molecule has 0 unspecified atom stereocenters. The van der Waals surface area contributed by atoms with E-state index in [2.05, 4.69) is 26.9 Å². The van der Waals surface area contributed by atoms with Crippen LogP contribution in [0, 0.1) is 19.8 Å². The molecule has 1 aliphatic rings. The molecule has 1 N–H and O–H groups in total. The average Bonchev–Trinajstić information content (AvgIpc) is 3.06. The Labute approximate surface area is 136 Å². The van der Waals surface area contributed by atoms with E-state index in [0.29, 0.717) is 13.0 Å². The summed E-state index contributed by atoms with van der Waals surface area (Å²) >= 11 is 0. The van der Waals surface area contributed by atoms with Crippen molar-refractivity contribution in [1.82, 2.24) is 15.1 Å². The van der Waals surface area contributed by atoms with Crippen molar-refractivity contribution in [1.29, 1.82) is 0 Å². The summed E-state index contributed by atoms with van der Waals surface area (Å²) in [6, 6.07) is 3.93. The number of anilines is 1. The fourth-order valence-electron chi connectivity index (χ4n) is 3.12. The van der Waals surface area contributed by atoms with Gasteiger partial charge in [-0.3, -0.25) is 0 Å². The third-order valence-electron chi connectivity index (χ3n) is 4.23. The lowest BCUT2D eigenvalue weighted by atomic mass is 10.0. The van der Waals surface area contributed by atoms with Gasteiger partial charge in [0.2, 0.25) is 0 Å². The number of nitrogens with zero attached hydrogens (tertiary/aromatic N) is 4. The molecule has 6 nitrogen and oxygen atoms in total. The first-order valence-electron chi connectivity index (χ1n) is 8.25. The average molecular weight is 316 g/mol. The summed E-state index contributed by atoms with van der Waals surface area (Å²) in [6.45, 7) is 7.39. The van der Waals surface area contributed by atoms with Gasteiger partial charge in [-0.1, -0.05) is 12.1 Å². The third kappa shape index (κ3) is 3.69. The van der Waals surface area contributed by atoms with Crippen LogP contribution in [0.25, 0.3) is 0 Å². The number of aliphatic hydroxyl groups excluding tert-OH is 1. The molecule has 0 aliphatic carbocycles. The molecule has 0 radical (unpaired) electrons. The zero-order chi connectivity index (χ0) is 16.4. The SMILES string of the molecule is CCCc1nc(C)cc(N2C[C@@H](Cc3cc(C)no3)[C@@H](O)C2)n1. The first-order chi connectivity index (χ1) is 11.0. The smallest absolute Gasteiger partial charge is 0.137 e. The van der Waals surface area contributed by atoms with E-state index in [1.54, 1.807) is 0 Å². The molecule has 0 saturated carbocycles. The highest BCUT2D eigenvalue weighted by molar-refractivity contribution is 5.41. The van der Waals surface area contributed by atoms with Crippen molar-refractivity contribution in [2.75, 3.05) is 18.0 Å². The van der Waals surface area contributed by atoms with Crippen LogP contribution in [-0.2, 0) is 12.8 Å². The van der Waals surface area contributed by atoms with Crippen LogP contribution in [0.15, 0.2) is 16.7 Å². The van der Waals surface area contributed by atoms with Gasteiger partial charge in [0.05, 0.1) is 11.8 Å². The lowest BCUT2D eigenvalue weighted by Crippen LogP contribution is -2.23. The van der Waals surface area contributed by atoms with E-state index in [4.69, 9.17) is 4.52 Å². The Morgan fingerprint density at radius 3 is 2.74 bits per heavy atom. The molecule has 3 rings (SSSR count). The van der Waals surface area contributed by atoms with Gasteiger partial charge in [0.1, 0.15) is 17.4 Å². The maximum Gasteiger partial charge on any atom is 0.137 e. The van der Waals surface area contributed by atoms with Crippen LogP contribution >= 0.6 is 0 Å². The van der Waals surface area contributed by atoms with Gasteiger partial charge in [0.15, 0.2) is 0 Å². The molecule has 0 amide bonds. The fraction of sp³-hybridized carbons (Fsp3) is 0.588. The molecule has 6 heteroatoms. The molecule has 0 bridgehead atoms. The number of rotatable bonds is 5. The van der Waals surface area contributed by atoms with Gasteiger partial charge in [-0.15, -0.1) is 0 Å². The van der Waals surface area contributed by atoms with Crippen LogP contribution in [0.4, 0.5) is 5.82 Å². The van der Waals surface area contributed by atoms with Gasteiger partial charge in [-0.2, -0.15) is 0 Å². The van der Waals surface area contributed by atoms with E-state index < -0.39 is 0 Å². The molecule has 0 aromatic carbocycles. The molecule has 1 fully saturated rings. The summed E-state index contributed by atoms with van der Waals surface area (Å²) in [6.07, 6.45) is 2.22. The van der Waals surface area contributed by atoms with E-state index in [0.717, 1.165) is 48.2 Å². The van der Waals surface area contributed by atoms with Crippen molar-refractivity contribution < 1.29 is 9.63 Å². The van der Waals surface area contributed by atoms with E-state index >= 15 is 0 Å². The minimum absolute atomic E-state index is 0.132. The van der Waals surface area contributed by atoms with Crippen LogP contribution in [-0.4, -0.2) is 39.4 Å². The Balaban J connectivity index is 1.72. The summed E-state index contributed by atoms with van der Waals surface area (Å²) < 4.78 is 5.28. The monoisotopic (exact) mass is 316 g/mol. The summed E-state index contributed by atoms with van der Waals surface area (Å²) in [7, 11) is 0. The highest BCUT2D eigenvalue weighted by Crippen LogP contribution is 2.26. The number of aryl methyl sites for hydroxylation is 3. The molecular weight excluding hydrogens is 292 g/mol. The minimum Gasteiger partial charge on any atom is -0.391 e. The van der Waals surface area contributed by atoms with Gasteiger partial charge in [0, 0.05) is 49.7 Å². The number of hydrogen-bond acceptors (Lipinski definition) is 6. The molecule has 1 saturated heterocycles. The highest BCUT2D eigenvalue weighted by atomic mass is 16.5. The Hall–Kier alpha value is -1.95. The standard InChI is InChI=1S/C17H24N4O2/c1-4-5-16-18-11(2)7-17(19-16)21-9-13(15(22)10-21)8-14-6-12(3)20-23-14/h6-7,13,15,22H,4-5,8-10H2,1-3H3/t13-,15+/m1/s1. The Morgan fingerprint density at radius 2 is 2.04 bits per heavy atom. The van der Waals surface area contributed by atoms with E-state index in [1.165, 1.54) is 0 Å². The topological polar surface area (TPSA) is 75.3 Å². The third-order valence-corrected chi connectivity index (χ3v) is 4.23. The predicted molar refractivity (Wildman–Crippen MR) is 87.4 cm³/mol. The first-order valence-corrected chi connectivity index (χ1v) is 8.25. The quantitative estimate of drug-likeness (QED) is 0.910. The largest absolute Gasteiger partial charge is 0.391 e. The van der Waals surface area contributed by atoms with Gasteiger partial charge in [-0.05, 0) is 20.3 Å². The number of hydrogen-bond donors (Lipinski definition) is 1. The van der Waals surface area contributed by atoms with Crippen LogP contribution in [0.1, 0.15) is 36.3 Å². The maximum absolute atomic E-state index is 10.4. The number of aromatic nitrogens is 3. The second kappa shape index (κ2) is 6.66. The first kappa shape index (κ1) is 15.9. The second-order valence-corrected chi connectivity index (χ2v) is 6.40. The molecule has 0 spiro atoms. The summed E-state index contributed by atoms with van der Waals surface area (Å²) in [5.74, 6) is 2.76. The van der Waals surface area contributed by atoms with E-state index in [-0.39, 0.29) is 12.0 Å². The van der Waals surface area contributed by atoms with Crippen LogP contribution in [0.5, 0.6) is 0 Å². The number of β-amino-alcohol motifs (C(OH)–C–C–N with tert-alkyl or cyclic N) is 1. The Bertz CT molecular complexity index is 670. The minimum atomic E-state index is -0.384. The molecule has 23 heavy (non-hydrogen) atoms. The van der Waals surface area contributed by atoms with Crippen LogP contribution < -0.4 is 4.90 Å². The van der Waals surface area contributed by atoms with Crippen molar-refractivity contribution in [3.8, 4) is 0 Å². The Morgan fingerprint density at radius 1 is 1.22 bits per heavy atom. The summed E-state index contributed by atoms with van der Waals surface area (Å²) in [4.78, 5) is 11.3. The second-order valence-electron chi connectivity index (χ2n) is 6.40. The zero-order valence-electron chi connectivity index (χ0n) is 14.0. The van der Waals surface area contributed by atoms with Gasteiger partial charge >= 0.3 is 0 Å². The molecular formula is C17H24N4O2. The van der Waals surface area contributed by atoms with Crippen LogP contribution in [0.2, 0.25) is 0 Å². The fourth-order valence-corrected chi connectivity index (χ4v) is 3.12. The molecule has 1 aliphatic heterocycles. The lowest BCUT2D eigenvalue weighted by molar-refractivity contribution is 0.143. The lowest BCUT2D eigenvalue weighted by Gasteiger charge is -2.18. The molecule has 3 heterocycles. The van der Waals surface area contributed by atoms with Gasteiger partial charge < -0.3 is 14.5 Å². The molecule has 2 aromatic heterocycles. The van der Waals surface area contributed by atoms with Gasteiger partial charge in [-0.25, -0.2) is 9.97 Å². The summed E-state index contributed by atoms with van der Waals surface area (Å²) in [5.41, 5.74) is 1.85. The zero-order valence-corrected chi connectivity index (χ0v) is 14.0. The van der Waals surface area contributed by atoms with Crippen molar-refractivity contribution >= 4 is 5.82 Å². The molecule has 2 atom stereocenters. The van der Waals surface area contributed by atoms with Crippen molar-refractivity contribution in [2.45, 2.75) is 46.1 Å². The van der Waals surface area contributed by atoms with Crippen molar-refractivity contribution in [3.05, 3.63) is 35.1 Å². The molecule has 2 aromatic rings. The highest BCUT2D eigenvalue weighted by Gasteiger charge is 2.33. The Kier molecular flexibility index (Phi) is 4.61. The van der Waals surface area contributed by atoms with Crippen molar-refractivity contribution in [3.63, 3.8) is 0 Å². The van der Waals surface area contributed by atoms with Gasteiger partial charge in [0.25, 0.3) is 0 Å². The van der Waals surface area contributed by atoms with Crippen LogP contribution in [0.3, 0.4) is 0 Å². The molecule has 124 valence electrons. The predicted octanol–water partition coefficient (Wildman–Crippen LogP) is 2.07. The van der Waals surface area contributed by atoms with Crippen molar-refractivity contribution in [2.24, 2.45) is 5.92 Å². The summed E-state index contributed by atoms with van der Waals surface area (Å²) in [5, 5.41) is 14.3. The maximum atomic E-state index is 10.4. The van der Waals surface area contributed by atoms with E-state index in [9.17, 15) is 5.11 Å². The normalized spacial score (nSPS) is 21.1.